The Balaban J connectivity index is 1.64. The second-order valence-corrected chi connectivity index (χ2v) is 8.67. The Morgan fingerprint density at radius 1 is 1.15 bits per heavy atom. The highest BCUT2D eigenvalue weighted by atomic mass is 16.5. The molecule has 7 heteroatoms. The maximum absolute atomic E-state index is 12.6. The molecule has 1 aromatic rings. The number of carbonyl (C=O) groups is 2. The van der Waals surface area contributed by atoms with Crippen LogP contribution < -0.4 is 0 Å². The zero-order chi connectivity index (χ0) is 19.3. The van der Waals surface area contributed by atoms with E-state index >= 15 is 0 Å². The maximum atomic E-state index is 12.6. The number of likely N-dealkylation sites (tertiary alicyclic amines) is 1. The molecule has 1 saturated heterocycles. The van der Waals surface area contributed by atoms with Crippen LogP contribution in [0, 0.1) is 10.8 Å². The lowest BCUT2D eigenvalue weighted by Crippen LogP contribution is -2.39. The molecule has 26 heavy (non-hydrogen) atoms. The highest BCUT2D eigenvalue weighted by Gasteiger charge is 2.50. The minimum atomic E-state index is -0.849. The number of fused-ring (bicyclic) bond motifs is 2. The summed E-state index contributed by atoms with van der Waals surface area (Å²) in [5, 5.41) is 28.2. The normalized spacial score (nSPS) is 26.6. The molecule has 1 aliphatic carbocycles. The van der Waals surface area contributed by atoms with Gasteiger partial charge in [-0.1, -0.05) is 20.8 Å². The first-order valence-electron chi connectivity index (χ1n) is 8.71. The van der Waals surface area contributed by atoms with Crippen LogP contribution in [0.4, 0.5) is 0 Å². The Morgan fingerprint density at radius 2 is 1.77 bits per heavy atom. The van der Waals surface area contributed by atoms with Crippen molar-refractivity contribution in [1.29, 1.82) is 0 Å². The molecule has 0 radical (unpaired) electrons. The van der Waals surface area contributed by atoms with Gasteiger partial charge < -0.3 is 25.0 Å². The van der Waals surface area contributed by atoms with E-state index in [0.717, 1.165) is 31.4 Å². The van der Waals surface area contributed by atoms with Crippen molar-refractivity contribution < 1.29 is 29.6 Å². The van der Waals surface area contributed by atoms with E-state index in [4.69, 9.17) is 4.74 Å². The van der Waals surface area contributed by atoms with Crippen molar-refractivity contribution >= 4 is 11.9 Å². The van der Waals surface area contributed by atoms with E-state index in [1.54, 1.807) is 0 Å². The average molecular weight is 363 g/mol. The van der Waals surface area contributed by atoms with Crippen LogP contribution in [0.25, 0.3) is 0 Å². The summed E-state index contributed by atoms with van der Waals surface area (Å²) in [4.78, 5) is 26.5. The number of hydrogen-bond acceptors (Lipinski definition) is 6. The second kappa shape index (κ2) is 6.07. The minimum absolute atomic E-state index is 0.0978. The minimum Gasteiger partial charge on any atom is -0.504 e. The quantitative estimate of drug-likeness (QED) is 0.562. The number of phenolic OH excluding ortho intramolecular Hbond substituents is 3. The van der Waals surface area contributed by atoms with Crippen molar-refractivity contribution in [2.45, 2.75) is 46.1 Å². The molecule has 2 fully saturated rings. The Labute approximate surface area is 152 Å². The van der Waals surface area contributed by atoms with Crippen LogP contribution >= 0.6 is 0 Å². The van der Waals surface area contributed by atoms with Gasteiger partial charge in [-0.3, -0.25) is 4.79 Å². The molecule has 2 atom stereocenters. The molecule has 2 aliphatic rings. The highest BCUT2D eigenvalue weighted by molar-refractivity contribution is 5.92. The molecule has 3 N–H and O–H groups in total. The molecule has 1 heterocycles. The smallest absolute Gasteiger partial charge is 0.338 e. The fourth-order valence-electron chi connectivity index (χ4n) is 4.77. The van der Waals surface area contributed by atoms with Gasteiger partial charge in [0.2, 0.25) is 0 Å². The number of rotatable bonds is 3. The number of amides is 1. The summed E-state index contributed by atoms with van der Waals surface area (Å²) in [5.74, 6) is -3.06. The molecule has 2 bridgehead atoms. The van der Waals surface area contributed by atoms with E-state index in [2.05, 4.69) is 20.8 Å². The molecule has 1 amide bonds. The monoisotopic (exact) mass is 363 g/mol. The number of aromatic hydroxyl groups is 3. The van der Waals surface area contributed by atoms with Gasteiger partial charge in [0, 0.05) is 12.6 Å². The summed E-state index contributed by atoms with van der Waals surface area (Å²) in [6.45, 7) is 6.90. The number of esters is 1. The lowest BCUT2D eigenvalue weighted by atomic mass is 9.65. The van der Waals surface area contributed by atoms with Crippen LogP contribution in [0.2, 0.25) is 0 Å². The van der Waals surface area contributed by atoms with Crippen LogP contribution in [0.15, 0.2) is 12.1 Å². The van der Waals surface area contributed by atoms with Gasteiger partial charge in [0.1, 0.15) is 0 Å². The van der Waals surface area contributed by atoms with Gasteiger partial charge >= 0.3 is 5.97 Å². The van der Waals surface area contributed by atoms with E-state index in [1.165, 1.54) is 0 Å². The van der Waals surface area contributed by atoms with E-state index < -0.39 is 29.8 Å². The SMILES string of the molecule is CC1(C)CC2CC(C)(CN2C(=O)COC(=O)c2cc(O)c(O)c(O)c2)C1. The fourth-order valence-corrected chi connectivity index (χ4v) is 4.77. The molecule has 1 aliphatic heterocycles. The van der Waals surface area contributed by atoms with Gasteiger partial charge in [0.05, 0.1) is 5.56 Å². The standard InChI is InChI=1S/C19H25NO6/c1-18(2)6-12-7-19(3,9-18)10-20(12)15(23)8-26-17(25)11-4-13(21)16(24)14(22)5-11/h4-5,12,21-22,24H,6-10H2,1-3H3. The molecular formula is C19H25NO6. The fraction of sp³-hybridized carbons (Fsp3) is 0.579. The van der Waals surface area contributed by atoms with Crippen molar-refractivity contribution in [2.24, 2.45) is 10.8 Å². The Morgan fingerprint density at radius 3 is 2.38 bits per heavy atom. The third-order valence-corrected chi connectivity index (χ3v) is 5.37. The van der Waals surface area contributed by atoms with Gasteiger partial charge in [-0.25, -0.2) is 4.79 Å². The summed E-state index contributed by atoms with van der Waals surface area (Å²) in [5.41, 5.74) is 0.143. The first kappa shape index (κ1) is 18.4. The predicted molar refractivity (Wildman–Crippen MR) is 93.0 cm³/mol. The largest absolute Gasteiger partial charge is 0.504 e. The van der Waals surface area contributed by atoms with Gasteiger partial charge in [0.25, 0.3) is 5.91 Å². The first-order chi connectivity index (χ1) is 12.0. The van der Waals surface area contributed by atoms with Gasteiger partial charge in [-0.05, 0) is 42.2 Å². The summed E-state index contributed by atoms with van der Waals surface area (Å²) >= 11 is 0. The van der Waals surface area contributed by atoms with Crippen LogP contribution in [-0.4, -0.2) is 51.3 Å². The average Bonchev–Trinajstić information content (AvgIpc) is 2.78. The van der Waals surface area contributed by atoms with Gasteiger partial charge in [0.15, 0.2) is 23.9 Å². The molecule has 0 spiro atoms. The van der Waals surface area contributed by atoms with Gasteiger partial charge in [-0.2, -0.15) is 0 Å². The molecule has 142 valence electrons. The molecular weight excluding hydrogens is 338 g/mol. The zero-order valence-corrected chi connectivity index (χ0v) is 15.3. The van der Waals surface area contributed by atoms with Crippen molar-refractivity contribution in [3.63, 3.8) is 0 Å². The summed E-state index contributed by atoms with van der Waals surface area (Å²) in [6, 6.07) is 2.12. The van der Waals surface area contributed by atoms with Crippen molar-refractivity contribution in [3.05, 3.63) is 17.7 Å². The lowest BCUT2D eigenvalue weighted by molar-refractivity contribution is -0.135. The van der Waals surface area contributed by atoms with Crippen molar-refractivity contribution in [2.75, 3.05) is 13.2 Å². The van der Waals surface area contributed by atoms with Crippen LogP contribution in [-0.2, 0) is 9.53 Å². The van der Waals surface area contributed by atoms with Crippen LogP contribution in [0.3, 0.4) is 0 Å². The first-order valence-corrected chi connectivity index (χ1v) is 8.71. The number of phenols is 3. The second-order valence-electron chi connectivity index (χ2n) is 8.67. The number of benzene rings is 1. The Kier molecular flexibility index (Phi) is 4.29. The van der Waals surface area contributed by atoms with Crippen molar-refractivity contribution in [3.8, 4) is 17.2 Å². The van der Waals surface area contributed by atoms with E-state index in [0.29, 0.717) is 6.54 Å². The van der Waals surface area contributed by atoms with Gasteiger partial charge in [-0.15, -0.1) is 0 Å². The summed E-state index contributed by atoms with van der Waals surface area (Å²) in [7, 11) is 0. The maximum Gasteiger partial charge on any atom is 0.338 e. The van der Waals surface area contributed by atoms with Crippen LogP contribution in [0.5, 0.6) is 17.2 Å². The molecule has 7 nitrogen and oxygen atoms in total. The van der Waals surface area contributed by atoms with E-state index in [1.807, 2.05) is 4.90 Å². The number of hydrogen-bond donors (Lipinski definition) is 3. The summed E-state index contributed by atoms with van der Waals surface area (Å²) < 4.78 is 5.05. The Hall–Kier alpha value is -2.44. The third-order valence-electron chi connectivity index (χ3n) is 5.37. The molecule has 1 saturated carbocycles. The van der Waals surface area contributed by atoms with E-state index in [-0.39, 0.29) is 28.3 Å². The molecule has 1 aromatic carbocycles. The van der Waals surface area contributed by atoms with E-state index in [9.17, 15) is 24.9 Å². The molecule has 2 unspecified atom stereocenters. The van der Waals surface area contributed by atoms with Crippen LogP contribution in [0.1, 0.15) is 50.4 Å². The highest BCUT2D eigenvalue weighted by Crippen LogP contribution is 2.52. The zero-order valence-electron chi connectivity index (χ0n) is 15.3. The number of nitrogens with zero attached hydrogens (tertiary/aromatic N) is 1. The third kappa shape index (κ3) is 3.43. The van der Waals surface area contributed by atoms with Crippen molar-refractivity contribution in [1.82, 2.24) is 4.90 Å². The molecule has 0 aromatic heterocycles. The summed E-state index contributed by atoms with van der Waals surface area (Å²) in [6.07, 6.45) is 2.96. The number of ether oxygens (including phenoxy) is 1. The predicted octanol–water partition coefficient (Wildman–Crippen LogP) is 2.39. The lowest BCUT2D eigenvalue weighted by Gasteiger charge is -2.39. The number of carbonyl (C=O) groups excluding carboxylic acids is 2. The Bertz CT molecular complexity index is 735. The molecule has 3 rings (SSSR count). The topological polar surface area (TPSA) is 107 Å².